The molecule has 3 N–H and O–H groups in total. The molecule has 0 aliphatic carbocycles. The molecule has 1 fully saturated rings. The Morgan fingerprint density at radius 1 is 1.41 bits per heavy atom. The molecule has 0 spiro atoms. The van der Waals surface area contributed by atoms with Gasteiger partial charge in [-0.3, -0.25) is 10.00 Å². The van der Waals surface area contributed by atoms with Gasteiger partial charge >= 0.3 is 6.03 Å². The van der Waals surface area contributed by atoms with E-state index in [1.807, 2.05) is 25.4 Å². The van der Waals surface area contributed by atoms with E-state index in [1.165, 1.54) is 0 Å². The maximum absolute atomic E-state index is 13.7. The molecular formula is C18H21FN6O2. The highest BCUT2D eigenvalue weighted by atomic mass is 19.1. The standard InChI is InChI=1S/C18H21FN6O2/c1-25-9-10(6-21-25)11-3-4-15(27-2)12-5-16(23-17(11)12)24-18(26)22-14-8-20-7-13(14)19/h3-4,6,9,13-14,20H,5,7-8H2,1-2H3,(H2,22,23,24,26)/t13-,14+/m0/s1. The number of halogens is 1. The third-order valence-electron chi connectivity index (χ3n) is 4.78. The van der Waals surface area contributed by atoms with Crippen LogP contribution in [0.15, 0.2) is 29.5 Å². The monoisotopic (exact) mass is 372 g/mol. The predicted octanol–water partition coefficient (Wildman–Crippen LogP) is 1.29. The van der Waals surface area contributed by atoms with Crippen molar-refractivity contribution in [2.75, 3.05) is 20.2 Å². The normalized spacial score (nSPS) is 20.9. The van der Waals surface area contributed by atoms with Gasteiger partial charge in [0, 0.05) is 49.4 Å². The van der Waals surface area contributed by atoms with Gasteiger partial charge < -0.3 is 15.4 Å². The molecule has 0 bridgehead atoms. The largest absolute Gasteiger partial charge is 0.496 e. The Kier molecular flexibility index (Phi) is 4.53. The Hall–Kier alpha value is -2.94. The highest BCUT2D eigenvalue weighted by Gasteiger charge is 2.29. The minimum absolute atomic E-state index is 0.253. The maximum Gasteiger partial charge on any atom is 0.320 e. The third-order valence-corrected chi connectivity index (χ3v) is 4.78. The van der Waals surface area contributed by atoms with Gasteiger partial charge in [-0.15, -0.1) is 0 Å². The lowest BCUT2D eigenvalue weighted by Gasteiger charge is -2.14. The van der Waals surface area contributed by atoms with Gasteiger partial charge in [0.1, 0.15) is 17.8 Å². The number of ether oxygens (including phenoxy) is 1. The third kappa shape index (κ3) is 3.37. The van der Waals surface area contributed by atoms with Crippen LogP contribution in [-0.2, 0) is 13.5 Å². The van der Waals surface area contributed by atoms with E-state index in [0.29, 0.717) is 24.6 Å². The molecule has 1 saturated heterocycles. The summed E-state index contributed by atoms with van der Waals surface area (Å²) in [5.74, 6) is 1.21. The number of hydrogen-bond acceptors (Lipinski definition) is 5. The number of carbonyl (C=O) groups excluding carboxylic acids is 1. The summed E-state index contributed by atoms with van der Waals surface area (Å²) in [5.41, 5.74) is 3.51. The van der Waals surface area contributed by atoms with Crippen LogP contribution in [0.4, 0.5) is 14.9 Å². The molecule has 3 heterocycles. The molecule has 1 aromatic heterocycles. The lowest BCUT2D eigenvalue weighted by Crippen LogP contribution is -2.48. The number of fused-ring (bicyclic) bond motifs is 1. The second-order valence-corrected chi connectivity index (χ2v) is 6.66. The molecule has 0 radical (unpaired) electrons. The molecule has 2 aliphatic heterocycles. The maximum atomic E-state index is 13.7. The van der Waals surface area contributed by atoms with E-state index in [1.54, 1.807) is 18.0 Å². The molecule has 2 aromatic rings. The van der Waals surface area contributed by atoms with Crippen molar-refractivity contribution in [3.63, 3.8) is 0 Å². The Morgan fingerprint density at radius 2 is 2.26 bits per heavy atom. The molecule has 0 unspecified atom stereocenters. The van der Waals surface area contributed by atoms with Crippen molar-refractivity contribution in [3.8, 4) is 16.9 Å². The lowest BCUT2D eigenvalue weighted by molar-refractivity contribution is 0.232. The van der Waals surface area contributed by atoms with Gasteiger partial charge in [-0.25, -0.2) is 14.2 Å². The Balaban J connectivity index is 1.56. The van der Waals surface area contributed by atoms with Crippen molar-refractivity contribution >= 4 is 17.6 Å². The van der Waals surface area contributed by atoms with Crippen molar-refractivity contribution in [2.45, 2.75) is 18.6 Å². The van der Waals surface area contributed by atoms with Crippen molar-refractivity contribution in [1.29, 1.82) is 0 Å². The van der Waals surface area contributed by atoms with Crippen LogP contribution < -0.4 is 20.7 Å². The van der Waals surface area contributed by atoms with Gasteiger partial charge in [-0.2, -0.15) is 5.10 Å². The van der Waals surface area contributed by atoms with E-state index >= 15 is 0 Å². The molecule has 8 nitrogen and oxygen atoms in total. The van der Waals surface area contributed by atoms with Crippen LogP contribution in [0.5, 0.6) is 5.75 Å². The number of urea groups is 1. The van der Waals surface area contributed by atoms with Gasteiger partial charge in [-0.05, 0) is 12.1 Å². The van der Waals surface area contributed by atoms with E-state index in [-0.39, 0.29) is 6.54 Å². The number of nitrogens with one attached hydrogen (secondary N) is 3. The molecule has 142 valence electrons. The molecule has 2 atom stereocenters. The molecular weight excluding hydrogens is 351 g/mol. The van der Waals surface area contributed by atoms with Crippen LogP contribution in [0.25, 0.3) is 11.1 Å². The van der Waals surface area contributed by atoms with Crippen molar-refractivity contribution in [3.05, 3.63) is 30.1 Å². The van der Waals surface area contributed by atoms with Crippen LogP contribution in [0.1, 0.15) is 5.56 Å². The van der Waals surface area contributed by atoms with Crippen molar-refractivity contribution < 1.29 is 13.9 Å². The average Bonchev–Trinajstić information content (AvgIpc) is 3.35. The van der Waals surface area contributed by atoms with Gasteiger partial charge in [0.25, 0.3) is 0 Å². The highest BCUT2D eigenvalue weighted by molar-refractivity contribution is 6.04. The fraction of sp³-hybridized carbons (Fsp3) is 0.389. The number of aryl methyl sites for hydroxylation is 1. The number of methoxy groups -OCH3 is 1. The van der Waals surface area contributed by atoms with Crippen molar-refractivity contribution in [1.82, 2.24) is 25.7 Å². The predicted molar refractivity (Wildman–Crippen MR) is 99.2 cm³/mol. The summed E-state index contributed by atoms with van der Waals surface area (Å²) in [6, 6.07) is 2.83. The first-order chi connectivity index (χ1) is 13.0. The first-order valence-electron chi connectivity index (χ1n) is 8.74. The Labute approximate surface area is 155 Å². The fourth-order valence-corrected chi connectivity index (χ4v) is 3.44. The zero-order valence-electron chi connectivity index (χ0n) is 15.1. The number of aromatic nitrogens is 2. The quantitative estimate of drug-likeness (QED) is 0.757. The molecule has 1 aromatic carbocycles. The number of nitrogens with zero attached hydrogens (tertiary/aromatic N) is 3. The average molecular weight is 372 g/mol. The van der Waals surface area contributed by atoms with Gasteiger partial charge in [-0.1, -0.05) is 0 Å². The van der Waals surface area contributed by atoms with Crippen LogP contribution in [-0.4, -0.2) is 54.1 Å². The van der Waals surface area contributed by atoms with E-state index in [4.69, 9.17) is 4.74 Å². The van der Waals surface area contributed by atoms with Crippen LogP contribution in [0.2, 0.25) is 0 Å². The summed E-state index contributed by atoms with van der Waals surface area (Å²) in [7, 11) is 3.45. The Morgan fingerprint density at radius 3 is 2.93 bits per heavy atom. The number of amidine groups is 1. The summed E-state index contributed by atoms with van der Waals surface area (Å²) in [6.45, 7) is 0.670. The topological polar surface area (TPSA) is 92.6 Å². The first kappa shape index (κ1) is 17.5. The van der Waals surface area contributed by atoms with E-state index < -0.39 is 18.2 Å². The summed E-state index contributed by atoms with van der Waals surface area (Å²) in [4.78, 5) is 16.8. The molecule has 2 amide bonds. The molecule has 0 saturated carbocycles. The molecule has 4 rings (SSSR count). The van der Waals surface area contributed by atoms with E-state index in [9.17, 15) is 9.18 Å². The van der Waals surface area contributed by atoms with Crippen molar-refractivity contribution in [2.24, 2.45) is 12.0 Å². The summed E-state index contributed by atoms with van der Waals surface area (Å²) in [5, 5.41) is 12.5. The van der Waals surface area contributed by atoms with Crippen LogP contribution >= 0.6 is 0 Å². The number of carbonyl (C=O) groups is 1. The molecule has 2 aliphatic rings. The fourth-order valence-electron chi connectivity index (χ4n) is 3.44. The summed E-state index contributed by atoms with van der Waals surface area (Å²) in [6.07, 6.45) is 3.02. The first-order valence-corrected chi connectivity index (χ1v) is 8.74. The number of hydrogen-bond donors (Lipinski definition) is 3. The van der Waals surface area contributed by atoms with Crippen LogP contribution in [0.3, 0.4) is 0 Å². The summed E-state index contributed by atoms with van der Waals surface area (Å²) >= 11 is 0. The number of benzene rings is 1. The summed E-state index contributed by atoms with van der Waals surface area (Å²) < 4.78 is 20.8. The number of rotatable bonds is 3. The van der Waals surface area contributed by atoms with Gasteiger partial charge in [0.05, 0.1) is 25.0 Å². The molecule has 9 heteroatoms. The lowest BCUT2D eigenvalue weighted by atomic mass is 10.0. The van der Waals surface area contributed by atoms with E-state index in [2.05, 4.69) is 26.0 Å². The number of alkyl halides is 1. The minimum Gasteiger partial charge on any atom is -0.496 e. The van der Waals surface area contributed by atoms with Gasteiger partial charge in [0.15, 0.2) is 0 Å². The smallest absolute Gasteiger partial charge is 0.320 e. The zero-order valence-corrected chi connectivity index (χ0v) is 15.1. The second-order valence-electron chi connectivity index (χ2n) is 6.66. The van der Waals surface area contributed by atoms with Crippen LogP contribution in [0, 0.1) is 0 Å². The van der Waals surface area contributed by atoms with E-state index in [0.717, 1.165) is 22.4 Å². The minimum atomic E-state index is -1.09. The Bertz CT molecular complexity index is 909. The second kappa shape index (κ2) is 6.99. The zero-order chi connectivity index (χ0) is 19.0. The van der Waals surface area contributed by atoms with Gasteiger partial charge in [0.2, 0.25) is 0 Å². The molecule has 27 heavy (non-hydrogen) atoms. The SMILES string of the molecule is COc1ccc(-c2cnn(C)c2)c2c1CC(NC(=O)N[C@@H]1CNC[C@@H]1F)=N2. The number of amides is 2. The highest BCUT2D eigenvalue weighted by Crippen LogP contribution is 2.41. The number of aliphatic imine (C=N–C) groups is 1.